The molecule has 2 aromatic carbocycles. The SMILES string of the molecule is COC(=O)C1(NC(=O)c2ccc(OCC(=O)Nc3cccc(C(F)(F)F)c3)cc2)CCCC1. The lowest BCUT2D eigenvalue weighted by molar-refractivity contribution is -0.148. The zero-order chi connectivity index (χ0) is 24.1. The van der Waals surface area contributed by atoms with E-state index in [1.165, 1.54) is 43.5 Å². The zero-order valence-corrected chi connectivity index (χ0v) is 17.8. The van der Waals surface area contributed by atoms with Crippen LogP contribution in [0.25, 0.3) is 0 Å². The fraction of sp³-hybridized carbons (Fsp3) is 0.348. The predicted molar refractivity (Wildman–Crippen MR) is 113 cm³/mol. The van der Waals surface area contributed by atoms with E-state index in [-0.39, 0.29) is 11.4 Å². The summed E-state index contributed by atoms with van der Waals surface area (Å²) in [5.74, 6) is -1.26. The fourth-order valence-electron chi connectivity index (χ4n) is 3.67. The molecule has 1 aliphatic rings. The Morgan fingerprint density at radius 2 is 1.70 bits per heavy atom. The van der Waals surface area contributed by atoms with Crippen LogP contribution in [0.2, 0.25) is 0 Å². The van der Waals surface area contributed by atoms with E-state index in [4.69, 9.17) is 9.47 Å². The smallest absolute Gasteiger partial charge is 0.416 e. The van der Waals surface area contributed by atoms with Crippen molar-refractivity contribution in [3.63, 3.8) is 0 Å². The summed E-state index contributed by atoms with van der Waals surface area (Å²) in [6.07, 6.45) is -1.88. The third-order valence-electron chi connectivity index (χ3n) is 5.35. The van der Waals surface area contributed by atoms with Crippen LogP contribution in [0, 0.1) is 0 Å². The molecule has 0 heterocycles. The highest BCUT2D eigenvalue weighted by atomic mass is 19.4. The minimum atomic E-state index is -4.51. The molecular weight excluding hydrogens is 441 g/mol. The normalized spacial score (nSPS) is 14.9. The molecule has 10 heteroatoms. The number of methoxy groups -OCH3 is 1. The van der Waals surface area contributed by atoms with E-state index in [0.717, 1.165) is 25.0 Å². The molecule has 0 aromatic heterocycles. The molecule has 0 spiro atoms. The highest BCUT2D eigenvalue weighted by Gasteiger charge is 2.43. The molecule has 7 nitrogen and oxygen atoms in total. The van der Waals surface area contributed by atoms with Gasteiger partial charge in [0, 0.05) is 11.3 Å². The van der Waals surface area contributed by atoms with Crippen molar-refractivity contribution in [1.82, 2.24) is 5.32 Å². The van der Waals surface area contributed by atoms with Crippen molar-refractivity contribution in [3.05, 3.63) is 59.7 Å². The van der Waals surface area contributed by atoms with Crippen molar-refractivity contribution < 1.29 is 37.0 Å². The maximum absolute atomic E-state index is 12.8. The Bertz CT molecular complexity index is 1020. The summed E-state index contributed by atoms with van der Waals surface area (Å²) in [4.78, 5) is 36.8. The molecule has 2 aromatic rings. The van der Waals surface area contributed by atoms with Crippen molar-refractivity contribution >= 4 is 23.5 Å². The van der Waals surface area contributed by atoms with Gasteiger partial charge in [-0.25, -0.2) is 4.79 Å². The van der Waals surface area contributed by atoms with Gasteiger partial charge in [0.05, 0.1) is 12.7 Å². The lowest BCUT2D eigenvalue weighted by Crippen LogP contribution is -2.53. The van der Waals surface area contributed by atoms with Crippen LogP contribution in [0.3, 0.4) is 0 Å². The number of ether oxygens (including phenoxy) is 2. The molecule has 0 radical (unpaired) electrons. The van der Waals surface area contributed by atoms with Crippen LogP contribution in [-0.2, 0) is 20.5 Å². The molecule has 1 aliphatic carbocycles. The first-order valence-electron chi connectivity index (χ1n) is 10.2. The lowest BCUT2D eigenvalue weighted by Gasteiger charge is -2.27. The first kappa shape index (κ1) is 24.1. The van der Waals surface area contributed by atoms with Crippen molar-refractivity contribution in [2.24, 2.45) is 0 Å². The summed E-state index contributed by atoms with van der Waals surface area (Å²) in [7, 11) is 1.28. The van der Waals surface area contributed by atoms with E-state index < -0.39 is 41.7 Å². The Balaban J connectivity index is 1.55. The van der Waals surface area contributed by atoms with Gasteiger partial charge in [0.1, 0.15) is 11.3 Å². The molecule has 3 rings (SSSR count). The van der Waals surface area contributed by atoms with Crippen molar-refractivity contribution in [1.29, 1.82) is 0 Å². The number of anilines is 1. The number of rotatable bonds is 7. The van der Waals surface area contributed by atoms with E-state index in [1.54, 1.807) is 0 Å². The van der Waals surface area contributed by atoms with Gasteiger partial charge in [0.15, 0.2) is 6.61 Å². The van der Waals surface area contributed by atoms with E-state index >= 15 is 0 Å². The summed E-state index contributed by atoms with van der Waals surface area (Å²) in [6.45, 7) is -0.437. The summed E-state index contributed by atoms with van der Waals surface area (Å²) < 4.78 is 48.5. The molecular formula is C23H23F3N2O5. The number of benzene rings is 2. The highest BCUT2D eigenvalue weighted by molar-refractivity contribution is 5.98. The molecule has 0 bridgehead atoms. The molecule has 0 aliphatic heterocycles. The molecule has 1 fully saturated rings. The summed E-state index contributed by atoms with van der Waals surface area (Å²) >= 11 is 0. The Labute approximate surface area is 188 Å². The summed E-state index contributed by atoms with van der Waals surface area (Å²) in [5.41, 5.74) is -1.60. The maximum Gasteiger partial charge on any atom is 0.416 e. The van der Waals surface area contributed by atoms with Gasteiger partial charge < -0.3 is 20.1 Å². The molecule has 1 saturated carbocycles. The van der Waals surface area contributed by atoms with Crippen molar-refractivity contribution in [2.75, 3.05) is 19.0 Å². The zero-order valence-electron chi connectivity index (χ0n) is 17.8. The first-order valence-corrected chi connectivity index (χ1v) is 10.2. The van der Waals surface area contributed by atoms with Crippen LogP contribution in [0.15, 0.2) is 48.5 Å². The quantitative estimate of drug-likeness (QED) is 0.606. The molecule has 2 amide bonds. The Morgan fingerprint density at radius 3 is 2.30 bits per heavy atom. The van der Waals surface area contributed by atoms with Gasteiger partial charge >= 0.3 is 12.1 Å². The van der Waals surface area contributed by atoms with E-state index in [1.807, 2.05) is 0 Å². The Morgan fingerprint density at radius 1 is 1.03 bits per heavy atom. The molecule has 0 atom stereocenters. The second kappa shape index (κ2) is 9.93. The molecule has 0 unspecified atom stereocenters. The van der Waals surface area contributed by atoms with Crippen molar-refractivity contribution in [2.45, 2.75) is 37.4 Å². The number of hydrogen-bond acceptors (Lipinski definition) is 5. The number of nitrogens with one attached hydrogen (secondary N) is 2. The van der Waals surface area contributed by atoms with Crippen LogP contribution >= 0.6 is 0 Å². The number of alkyl halides is 3. The first-order chi connectivity index (χ1) is 15.6. The number of carbonyl (C=O) groups excluding carboxylic acids is 3. The number of carbonyl (C=O) groups is 3. The monoisotopic (exact) mass is 464 g/mol. The Kier molecular flexibility index (Phi) is 7.25. The van der Waals surface area contributed by atoms with Gasteiger partial charge in [0.2, 0.25) is 0 Å². The minimum absolute atomic E-state index is 0.00288. The number of esters is 1. The average molecular weight is 464 g/mol. The molecule has 0 saturated heterocycles. The predicted octanol–water partition coefficient (Wildman–Crippen LogP) is 3.94. The van der Waals surface area contributed by atoms with Gasteiger partial charge in [-0.1, -0.05) is 18.9 Å². The van der Waals surface area contributed by atoms with Crippen LogP contribution in [0.4, 0.5) is 18.9 Å². The molecule has 33 heavy (non-hydrogen) atoms. The van der Waals surface area contributed by atoms with E-state index in [0.29, 0.717) is 18.4 Å². The minimum Gasteiger partial charge on any atom is -0.484 e. The number of amides is 2. The maximum atomic E-state index is 12.8. The Hall–Kier alpha value is -3.56. The van der Waals surface area contributed by atoms with Gasteiger partial charge in [-0.3, -0.25) is 9.59 Å². The standard InChI is InChI=1S/C23H23F3N2O5/c1-32-21(31)22(11-2-3-12-22)28-20(30)15-7-9-18(10-8-15)33-14-19(29)27-17-6-4-5-16(13-17)23(24,25)26/h4-10,13H,2-3,11-12,14H2,1H3,(H,27,29)(H,28,30). The van der Waals surface area contributed by atoms with Crippen LogP contribution in [0.1, 0.15) is 41.6 Å². The van der Waals surface area contributed by atoms with Crippen LogP contribution in [0.5, 0.6) is 5.75 Å². The fourth-order valence-corrected chi connectivity index (χ4v) is 3.67. The van der Waals surface area contributed by atoms with Crippen LogP contribution in [-0.4, -0.2) is 37.0 Å². The van der Waals surface area contributed by atoms with Gasteiger partial charge in [-0.05, 0) is 55.3 Å². The second-order valence-electron chi connectivity index (χ2n) is 7.67. The number of halogens is 3. The van der Waals surface area contributed by atoms with Gasteiger partial charge in [-0.15, -0.1) is 0 Å². The summed E-state index contributed by atoms with van der Waals surface area (Å²) in [5, 5.41) is 5.12. The third-order valence-corrected chi connectivity index (χ3v) is 5.35. The topological polar surface area (TPSA) is 93.7 Å². The number of hydrogen-bond donors (Lipinski definition) is 2. The third kappa shape index (κ3) is 6.03. The molecule has 176 valence electrons. The van der Waals surface area contributed by atoms with Gasteiger partial charge in [0.25, 0.3) is 11.8 Å². The highest BCUT2D eigenvalue weighted by Crippen LogP contribution is 2.32. The summed E-state index contributed by atoms with van der Waals surface area (Å²) in [6, 6.07) is 10.2. The second-order valence-corrected chi connectivity index (χ2v) is 7.67. The van der Waals surface area contributed by atoms with E-state index in [9.17, 15) is 27.6 Å². The van der Waals surface area contributed by atoms with Crippen LogP contribution < -0.4 is 15.4 Å². The average Bonchev–Trinajstić information content (AvgIpc) is 3.26. The van der Waals surface area contributed by atoms with Gasteiger partial charge in [-0.2, -0.15) is 13.2 Å². The molecule has 2 N–H and O–H groups in total. The van der Waals surface area contributed by atoms with E-state index in [2.05, 4.69) is 10.6 Å². The largest absolute Gasteiger partial charge is 0.484 e. The lowest BCUT2D eigenvalue weighted by atomic mass is 9.97. The van der Waals surface area contributed by atoms with Crippen molar-refractivity contribution in [3.8, 4) is 5.75 Å².